The van der Waals surface area contributed by atoms with E-state index >= 15 is 0 Å². The van der Waals surface area contributed by atoms with E-state index in [-0.39, 0.29) is 37.5 Å². The van der Waals surface area contributed by atoms with Gasteiger partial charge in [0.25, 0.3) is 0 Å². The molecule has 0 bridgehead atoms. The van der Waals surface area contributed by atoms with Crippen LogP contribution in [-0.2, 0) is 41.6 Å². The second-order valence-electron chi connectivity index (χ2n) is 13.2. The van der Waals surface area contributed by atoms with Crippen molar-refractivity contribution >= 4 is 35.6 Å². The third-order valence-electron chi connectivity index (χ3n) is 10.7. The van der Waals surface area contributed by atoms with Crippen LogP contribution >= 0.6 is 0 Å². The maximum absolute atomic E-state index is 14.1. The molecule has 0 spiro atoms. The minimum atomic E-state index is -1.34. The molecule has 1 aromatic heterocycles. The Hall–Kier alpha value is -4.24. The molecule has 49 heavy (non-hydrogen) atoms. The number of Topliss-reactive ketones (excluding diaryl/α,β-unsaturated/α-hetero) is 1. The van der Waals surface area contributed by atoms with Crippen LogP contribution in [0.1, 0.15) is 68.5 Å². The molecule has 7 N–H and O–H groups in total. The highest BCUT2D eigenvalue weighted by Crippen LogP contribution is 2.49. The van der Waals surface area contributed by atoms with Crippen molar-refractivity contribution in [2.75, 3.05) is 20.3 Å². The first kappa shape index (κ1) is 36.1. The molecular weight excluding hydrogens is 636 g/mol. The smallest absolute Gasteiger partial charge is 0.317 e. The van der Waals surface area contributed by atoms with Crippen molar-refractivity contribution in [2.24, 2.45) is 10.9 Å². The molecule has 0 radical (unpaired) electrons. The van der Waals surface area contributed by atoms with E-state index in [0.717, 1.165) is 17.4 Å². The van der Waals surface area contributed by atoms with E-state index in [1.165, 1.54) is 7.11 Å². The highest BCUT2D eigenvalue weighted by atomic mass is 16.5. The van der Waals surface area contributed by atoms with E-state index < -0.39 is 66.3 Å². The number of amides is 1. The minimum Gasteiger partial charge on any atom is -0.481 e. The Morgan fingerprint density at radius 2 is 1.76 bits per heavy atom. The summed E-state index contributed by atoms with van der Waals surface area (Å²) in [5.41, 5.74) is 6.54. The van der Waals surface area contributed by atoms with Crippen LogP contribution in [0, 0.1) is 12.8 Å². The molecule has 5 rings (SSSR count). The number of aromatic amines is 1. The van der Waals surface area contributed by atoms with Gasteiger partial charge in [-0.3, -0.25) is 29.5 Å². The number of esters is 1. The van der Waals surface area contributed by atoms with Crippen molar-refractivity contribution in [2.45, 2.75) is 96.0 Å². The number of H-pyrrole nitrogens is 1. The molecule has 1 fully saturated rings. The summed E-state index contributed by atoms with van der Waals surface area (Å²) < 4.78 is 5.11. The van der Waals surface area contributed by atoms with Gasteiger partial charge in [-0.2, -0.15) is 0 Å². The number of ketones is 1. The third kappa shape index (κ3) is 6.33. The maximum Gasteiger partial charge on any atom is 0.317 e. The quantitative estimate of drug-likeness (QED) is 0.0611. The van der Waals surface area contributed by atoms with Crippen LogP contribution < -0.4 is 10.6 Å². The lowest BCUT2D eigenvalue weighted by atomic mass is 9.86. The number of aliphatic hydroxyl groups is 3. The van der Waals surface area contributed by atoms with Gasteiger partial charge in [0, 0.05) is 66.1 Å². The lowest BCUT2D eigenvalue weighted by molar-refractivity contribution is -0.148. The van der Waals surface area contributed by atoms with Crippen LogP contribution in [0.15, 0.2) is 38.4 Å². The van der Waals surface area contributed by atoms with Crippen LogP contribution in [0.4, 0.5) is 0 Å². The number of carbonyl (C=O) groups is 5. The van der Waals surface area contributed by atoms with Gasteiger partial charge in [0.1, 0.15) is 18.3 Å². The zero-order valence-corrected chi connectivity index (χ0v) is 28.3. The summed E-state index contributed by atoms with van der Waals surface area (Å²) in [5.74, 6) is -4.76. The fraction of sp³-hybridized carbons (Fsp3) is 0.543. The Bertz CT molecular complexity index is 1720. The van der Waals surface area contributed by atoms with E-state index in [1.54, 1.807) is 13.8 Å². The summed E-state index contributed by atoms with van der Waals surface area (Å²) in [6.07, 6.45) is 0.319. The Morgan fingerprint density at radius 3 is 2.37 bits per heavy atom. The number of hydrogen-bond acceptors (Lipinski definition) is 11. The average molecular weight is 681 g/mol. The second kappa shape index (κ2) is 14.3. The van der Waals surface area contributed by atoms with Gasteiger partial charge in [-0.25, -0.2) is 0 Å². The monoisotopic (exact) mass is 680 g/mol. The fourth-order valence-corrected chi connectivity index (χ4v) is 8.03. The first-order chi connectivity index (χ1) is 23.3. The highest BCUT2D eigenvalue weighted by molar-refractivity contribution is 6.20. The fourth-order valence-electron chi connectivity index (χ4n) is 8.03. The molecular formula is C35H44N4O10. The lowest BCUT2D eigenvalue weighted by Crippen LogP contribution is -2.35. The number of aliphatic hydroxyl groups excluding tert-OH is 3. The summed E-state index contributed by atoms with van der Waals surface area (Å²) in [4.78, 5) is 72.0. The predicted molar refractivity (Wildman–Crippen MR) is 176 cm³/mol. The number of rotatable bonds is 14. The Kier molecular flexibility index (Phi) is 10.5. The molecule has 0 saturated heterocycles. The molecule has 7 unspecified atom stereocenters. The van der Waals surface area contributed by atoms with Crippen LogP contribution in [0.3, 0.4) is 0 Å². The van der Waals surface area contributed by atoms with Crippen molar-refractivity contribution in [3.63, 3.8) is 0 Å². The van der Waals surface area contributed by atoms with E-state index in [0.29, 0.717) is 57.8 Å². The predicted octanol–water partition coefficient (Wildman–Crippen LogP) is 0.274. The van der Waals surface area contributed by atoms with Gasteiger partial charge in [0.2, 0.25) is 5.91 Å². The number of carboxylic acid groups (broad SMARTS) is 1. The van der Waals surface area contributed by atoms with Crippen LogP contribution in [0.2, 0.25) is 0 Å². The number of aromatic nitrogens is 1. The van der Waals surface area contributed by atoms with Gasteiger partial charge >= 0.3 is 11.9 Å². The Balaban J connectivity index is 1.57. The van der Waals surface area contributed by atoms with Crippen molar-refractivity contribution in [1.82, 2.24) is 15.6 Å². The van der Waals surface area contributed by atoms with Gasteiger partial charge in [-0.15, -0.1) is 0 Å². The summed E-state index contributed by atoms with van der Waals surface area (Å²) >= 11 is 0. The Labute approximate surface area is 283 Å². The molecule has 7 atom stereocenters. The molecule has 4 heterocycles. The zero-order valence-electron chi connectivity index (χ0n) is 28.3. The van der Waals surface area contributed by atoms with Gasteiger partial charge in [0.05, 0.1) is 31.8 Å². The Morgan fingerprint density at radius 1 is 1.04 bits per heavy atom. The van der Waals surface area contributed by atoms with Crippen LogP contribution in [-0.4, -0.2) is 112 Å². The number of ether oxygens (including phenoxy) is 1. The first-order valence-corrected chi connectivity index (χ1v) is 16.4. The zero-order chi connectivity index (χ0) is 35.9. The number of aliphatic imine (C=N–C) groups is 1. The van der Waals surface area contributed by atoms with Crippen molar-refractivity contribution in [1.29, 1.82) is 0 Å². The maximum atomic E-state index is 14.1. The molecule has 14 heteroatoms. The SMILES string of the molecule is COC(=O)C1C(=O)C2=C(C)C(CC3NC(C=O)C(C)=C3CCO)=NC2C1c1[nH]c(CC2NC(=O)C(C(O)CO)=C2C)c(C)c1CCC(=O)O. The molecule has 1 aliphatic carbocycles. The number of nitrogens with one attached hydrogen (secondary N) is 3. The summed E-state index contributed by atoms with van der Waals surface area (Å²) in [6.45, 7) is 6.43. The van der Waals surface area contributed by atoms with E-state index in [9.17, 15) is 44.4 Å². The molecule has 1 amide bonds. The third-order valence-corrected chi connectivity index (χ3v) is 10.7. The van der Waals surface area contributed by atoms with Gasteiger partial charge < -0.3 is 40.3 Å². The van der Waals surface area contributed by atoms with Gasteiger partial charge in [0.15, 0.2) is 5.78 Å². The number of allylic oxidation sites excluding steroid dienone is 1. The molecule has 1 aromatic rings. The van der Waals surface area contributed by atoms with Crippen molar-refractivity contribution in [3.8, 4) is 0 Å². The average Bonchev–Trinajstić information content (AvgIpc) is 3.81. The largest absolute Gasteiger partial charge is 0.481 e. The summed E-state index contributed by atoms with van der Waals surface area (Å²) in [5, 5.41) is 45.1. The van der Waals surface area contributed by atoms with E-state index in [4.69, 9.17) is 9.73 Å². The van der Waals surface area contributed by atoms with Gasteiger partial charge in [-0.1, -0.05) is 0 Å². The molecule has 3 aliphatic heterocycles. The number of aldehydes is 1. The molecule has 4 aliphatic rings. The number of methoxy groups -OCH3 is 1. The summed E-state index contributed by atoms with van der Waals surface area (Å²) in [6, 6.07) is -2.09. The number of carbonyl (C=O) groups excluding carboxylic acids is 4. The number of fused-ring (bicyclic) bond motifs is 1. The van der Waals surface area contributed by atoms with Gasteiger partial charge in [-0.05, 0) is 74.0 Å². The number of aliphatic carboxylic acids is 1. The summed E-state index contributed by atoms with van der Waals surface area (Å²) in [7, 11) is 1.20. The number of hydrogen-bond donors (Lipinski definition) is 7. The second-order valence-corrected chi connectivity index (χ2v) is 13.2. The molecule has 0 aromatic carbocycles. The number of carboxylic acids is 1. The standard InChI is InChI=1S/C35H44N4O10/c1-14-18(8-9-40)23(36-24(14)12-41)11-21-17(4)28-32(38-21)29(30(33(28)46)35(48)49-5)31-19(6-7-26(44)45)15(2)20(37-31)10-22-16(3)27(25(43)13-42)34(47)39-22/h12,22-25,29-30,32,36-37,40,42-43H,6-11,13H2,1-5H3,(H,39,47)(H,44,45). The number of nitrogens with zero attached hydrogens (tertiary/aromatic N) is 1. The molecule has 14 nitrogen and oxygen atoms in total. The first-order valence-electron chi connectivity index (χ1n) is 16.4. The van der Waals surface area contributed by atoms with Crippen molar-refractivity contribution in [3.05, 3.63) is 56.0 Å². The topological polar surface area (TPSA) is 228 Å². The lowest BCUT2D eigenvalue weighted by Gasteiger charge is -2.21. The molecule has 264 valence electrons. The van der Waals surface area contributed by atoms with E-state index in [2.05, 4.69) is 15.6 Å². The normalized spacial score (nSPS) is 27.2. The highest BCUT2D eigenvalue weighted by Gasteiger charge is 2.55. The van der Waals surface area contributed by atoms with Crippen LogP contribution in [0.25, 0.3) is 0 Å². The minimum absolute atomic E-state index is 0.0935. The van der Waals surface area contributed by atoms with E-state index in [1.807, 2.05) is 13.8 Å². The van der Waals surface area contributed by atoms with Crippen LogP contribution in [0.5, 0.6) is 0 Å². The molecule has 1 saturated carbocycles. The van der Waals surface area contributed by atoms with Crippen molar-refractivity contribution < 1.29 is 49.1 Å².